The number of ether oxygens (including phenoxy) is 2. The molecule has 6 rings (SSSR count). The number of rotatable bonds is 7. The highest BCUT2D eigenvalue weighted by atomic mass is 16.5. The van der Waals surface area contributed by atoms with Crippen LogP contribution in [-0.4, -0.2) is 91.0 Å². The van der Waals surface area contributed by atoms with E-state index >= 15 is 0 Å². The number of carbonyl (C=O) groups is 4. The van der Waals surface area contributed by atoms with E-state index in [2.05, 4.69) is 20.9 Å². The fraction of sp³-hybridized carbons (Fsp3) is 0.405. The Morgan fingerprint density at radius 1 is 0.833 bits per heavy atom. The van der Waals surface area contributed by atoms with Gasteiger partial charge in [-0.3, -0.25) is 24.1 Å². The van der Waals surface area contributed by atoms with Gasteiger partial charge in [0.15, 0.2) is 0 Å². The van der Waals surface area contributed by atoms with Crippen LogP contribution in [0, 0.1) is 0 Å². The number of fused-ring (bicyclic) bond motifs is 2. The van der Waals surface area contributed by atoms with Gasteiger partial charge in [0.2, 0.25) is 17.7 Å². The quantitative estimate of drug-likeness (QED) is 0.357. The lowest BCUT2D eigenvalue weighted by Gasteiger charge is -2.30. The number of nitrogens with one attached hydrogen (secondary N) is 3. The predicted molar refractivity (Wildman–Crippen MR) is 179 cm³/mol. The van der Waals surface area contributed by atoms with E-state index in [1.807, 2.05) is 54.6 Å². The maximum atomic E-state index is 14.0. The number of carbonyl (C=O) groups excluding carboxylic acids is 4. The first kappa shape index (κ1) is 33.2. The van der Waals surface area contributed by atoms with Gasteiger partial charge in [-0.1, -0.05) is 66.7 Å². The zero-order valence-electron chi connectivity index (χ0n) is 27.1. The molecule has 3 aromatic carbocycles. The van der Waals surface area contributed by atoms with Gasteiger partial charge in [-0.05, 0) is 41.7 Å². The SMILES string of the molecule is O=C1C[C@@H](C(=O)NCc2ccc(CN3CCOCC3)cc2)NC(=O)c2ccccc2OC[C@H]2CCCN2C(=O)[C@H](Cc2ccccc2)N1. The Morgan fingerprint density at radius 3 is 2.35 bits per heavy atom. The Balaban J connectivity index is 1.19. The van der Waals surface area contributed by atoms with Gasteiger partial charge in [-0.25, -0.2) is 0 Å². The molecule has 48 heavy (non-hydrogen) atoms. The largest absolute Gasteiger partial charge is 0.491 e. The summed E-state index contributed by atoms with van der Waals surface area (Å²) >= 11 is 0. The van der Waals surface area contributed by atoms with Crippen molar-refractivity contribution >= 4 is 23.6 Å². The molecular weight excluding hydrogens is 610 g/mol. The number of morpholine rings is 1. The normalized spacial score (nSPS) is 22.4. The third-order valence-electron chi connectivity index (χ3n) is 9.15. The van der Waals surface area contributed by atoms with Crippen LogP contribution in [-0.2, 0) is 38.6 Å². The Labute approximate surface area is 281 Å². The average molecular weight is 654 g/mol. The van der Waals surface area contributed by atoms with E-state index in [-0.39, 0.29) is 37.1 Å². The Bertz CT molecular complexity index is 1580. The predicted octanol–water partition coefficient (Wildman–Crippen LogP) is 2.43. The van der Waals surface area contributed by atoms with E-state index in [0.717, 1.165) is 56.8 Å². The monoisotopic (exact) mass is 653 g/mol. The zero-order chi connectivity index (χ0) is 33.3. The highest BCUT2D eigenvalue weighted by molar-refractivity contribution is 6.01. The minimum atomic E-state index is -1.19. The van der Waals surface area contributed by atoms with Crippen molar-refractivity contribution in [2.45, 2.75) is 56.9 Å². The first-order valence-electron chi connectivity index (χ1n) is 16.7. The molecule has 11 heteroatoms. The number of nitrogens with zero attached hydrogens (tertiary/aromatic N) is 2. The summed E-state index contributed by atoms with van der Waals surface area (Å²) in [4.78, 5) is 58.8. The average Bonchev–Trinajstić information content (AvgIpc) is 3.59. The second kappa shape index (κ2) is 15.9. The van der Waals surface area contributed by atoms with Crippen LogP contribution in [0.5, 0.6) is 5.75 Å². The number of hydrogen-bond acceptors (Lipinski definition) is 7. The third kappa shape index (κ3) is 8.59. The number of para-hydroxylation sites is 1. The summed E-state index contributed by atoms with van der Waals surface area (Å²) in [5.74, 6) is -1.37. The molecule has 3 aromatic rings. The van der Waals surface area contributed by atoms with Crippen LogP contribution >= 0.6 is 0 Å². The maximum absolute atomic E-state index is 14.0. The molecule has 0 unspecified atom stereocenters. The van der Waals surface area contributed by atoms with Crippen molar-refractivity contribution in [3.05, 3.63) is 101 Å². The number of hydrogen-bond donors (Lipinski definition) is 3. The number of benzene rings is 3. The summed E-state index contributed by atoms with van der Waals surface area (Å²) in [6, 6.07) is 22.1. The maximum Gasteiger partial charge on any atom is 0.255 e. The van der Waals surface area contributed by atoms with Gasteiger partial charge in [0, 0.05) is 39.1 Å². The summed E-state index contributed by atoms with van der Waals surface area (Å²) in [6.45, 7) is 5.08. The summed E-state index contributed by atoms with van der Waals surface area (Å²) in [7, 11) is 0. The molecule has 4 amide bonds. The van der Waals surface area contributed by atoms with Crippen molar-refractivity contribution in [2.75, 3.05) is 39.5 Å². The van der Waals surface area contributed by atoms with E-state index in [0.29, 0.717) is 18.7 Å². The second-order valence-electron chi connectivity index (χ2n) is 12.6. The lowest BCUT2D eigenvalue weighted by atomic mass is 10.0. The van der Waals surface area contributed by atoms with E-state index in [4.69, 9.17) is 9.47 Å². The Morgan fingerprint density at radius 2 is 1.56 bits per heavy atom. The van der Waals surface area contributed by atoms with Crippen molar-refractivity contribution in [3.63, 3.8) is 0 Å². The van der Waals surface area contributed by atoms with Crippen molar-refractivity contribution in [3.8, 4) is 5.75 Å². The molecule has 0 radical (unpaired) electrons. The van der Waals surface area contributed by atoms with Crippen LogP contribution in [0.2, 0.25) is 0 Å². The van der Waals surface area contributed by atoms with Crippen LogP contribution in [0.4, 0.5) is 0 Å². The van der Waals surface area contributed by atoms with Gasteiger partial charge in [-0.15, -0.1) is 0 Å². The van der Waals surface area contributed by atoms with Crippen molar-refractivity contribution in [2.24, 2.45) is 0 Å². The molecule has 0 aromatic heterocycles. The van der Waals surface area contributed by atoms with Gasteiger partial charge in [-0.2, -0.15) is 0 Å². The van der Waals surface area contributed by atoms with E-state index < -0.39 is 29.8 Å². The molecule has 252 valence electrons. The Kier molecular flexibility index (Phi) is 11.0. The van der Waals surface area contributed by atoms with Crippen LogP contribution in [0.1, 0.15) is 46.3 Å². The summed E-state index contributed by atoms with van der Waals surface area (Å²) in [5.41, 5.74) is 3.21. The van der Waals surface area contributed by atoms with Crippen LogP contribution in [0.25, 0.3) is 0 Å². The molecular formula is C37H43N5O6. The summed E-state index contributed by atoms with van der Waals surface area (Å²) in [6.07, 6.45) is 1.52. The summed E-state index contributed by atoms with van der Waals surface area (Å²) < 4.78 is 11.6. The minimum Gasteiger partial charge on any atom is -0.491 e. The molecule has 3 heterocycles. The molecule has 11 nitrogen and oxygen atoms in total. The topological polar surface area (TPSA) is 129 Å². The van der Waals surface area contributed by atoms with Crippen molar-refractivity contribution in [1.29, 1.82) is 0 Å². The van der Waals surface area contributed by atoms with E-state index in [1.165, 1.54) is 5.56 Å². The van der Waals surface area contributed by atoms with Crippen molar-refractivity contribution in [1.82, 2.24) is 25.8 Å². The second-order valence-corrected chi connectivity index (χ2v) is 12.6. The molecule has 0 bridgehead atoms. The molecule has 0 aliphatic carbocycles. The molecule has 2 saturated heterocycles. The van der Waals surface area contributed by atoms with Crippen molar-refractivity contribution < 1.29 is 28.7 Å². The van der Waals surface area contributed by atoms with Crippen LogP contribution in [0.15, 0.2) is 78.9 Å². The molecule has 2 fully saturated rings. The van der Waals surface area contributed by atoms with E-state index in [9.17, 15) is 19.2 Å². The molecule has 3 aliphatic heterocycles. The Hall–Kier alpha value is -4.74. The highest BCUT2D eigenvalue weighted by Gasteiger charge is 2.36. The first-order chi connectivity index (χ1) is 23.4. The molecule has 3 aliphatic rings. The fourth-order valence-electron chi connectivity index (χ4n) is 6.49. The molecule has 3 N–H and O–H groups in total. The molecule has 3 atom stereocenters. The minimum absolute atomic E-state index is 0.189. The third-order valence-corrected chi connectivity index (χ3v) is 9.15. The van der Waals surface area contributed by atoms with Crippen LogP contribution < -0.4 is 20.7 Å². The van der Waals surface area contributed by atoms with Gasteiger partial charge in [0.25, 0.3) is 5.91 Å². The van der Waals surface area contributed by atoms with E-state index in [1.54, 1.807) is 29.2 Å². The smallest absolute Gasteiger partial charge is 0.255 e. The van der Waals surface area contributed by atoms with Gasteiger partial charge < -0.3 is 30.3 Å². The van der Waals surface area contributed by atoms with Gasteiger partial charge in [0.1, 0.15) is 24.4 Å². The lowest BCUT2D eigenvalue weighted by Crippen LogP contribution is -2.54. The summed E-state index contributed by atoms with van der Waals surface area (Å²) in [5, 5.41) is 8.56. The van der Waals surface area contributed by atoms with Gasteiger partial charge in [0.05, 0.1) is 31.2 Å². The first-order valence-corrected chi connectivity index (χ1v) is 16.7. The zero-order valence-corrected chi connectivity index (χ0v) is 27.1. The lowest BCUT2D eigenvalue weighted by molar-refractivity contribution is -0.138. The standard InChI is InChI=1S/C37H43N5O6/c43-34-22-31(36(45)38-23-27-12-14-28(15-13-27)24-41-17-19-47-20-18-41)40-35(44)30-10-4-5-11-33(30)48-25-29-9-6-16-42(29)37(46)32(39-34)21-26-7-2-1-3-8-26/h1-5,7-8,10-15,29,31-32H,6,9,16-25H2,(H,38,45)(H,39,43)(H,40,44)/t29-,31+,32+/m1/s1. The van der Waals surface area contributed by atoms with Gasteiger partial charge >= 0.3 is 0 Å². The number of amides is 4. The fourth-order valence-corrected chi connectivity index (χ4v) is 6.49. The molecule has 0 saturated carbocycles. The highest BCUT2D eigenvalue weighted by Crippen LogP contribution is 2.24. The molecule has 0 spiro atoms. The van der Waals surface area contributed by atoms with Crippen LogP contribution in [0.3, 0.4) is 0 Å².